The Labute approximate surface area is 106 Å². The molecule has 1 aromatic rings. The fourth-order valence-electron chi connectivity index (χ4n) is 3.27. The SMILES string of the molecule is CC1(O)C[C@H]2CN(c3cnc(Cl)cn3)C[C@H]2C1. The van der Waals surface area contributed by atoms with E-state index in [0.29, 0.717) is 17.0 Å². The highest BCUT2D eigenvalue weighted by atomic mass is 35.5. The molecule has 2 aliphatic rings. The molecule has 3 atom stereocenters. The summed E-state index contributed by atoms with van der Waals surface area (Å²) in [6.07, 6.45) is 5.10. The molecule has 2 fully saturated rings. The first kappa shape index (κ1) is 11.2. The van der Waals surface area contributed by atoms with Crippen LogP contribution in [-0.2, 0) is 0 Å². The Morgan fingerprint density at radius 2 is 1.94 bits per heavy atom. The normalized spacial score (nSPS) is 36.3. The molecule has 4 nitrogen and oxygen atoms in total. The van der Waals surface area contributed by atoms with Crippen LogP contribution in [0.5, 0.6) is 0 Å². The molecule has 5 heteroatoms. The summed E-state index contributed by atoms with van der Waals surface area (Å²) >= 11 is 5.73. The van der Waals surface area contributed by atoms with Crippen molar-refractivity contribution in [3.8, 4) is 0 Å². The Bertz CT molecular complexity index is 404. The molecule has 0 radical (unpaired) electrons. The van der Waals surface area contributed by atoms with Gasteiger partial charge in [-0.15, -0.1) is 0 Å². The van der Waals surface area contributed by atoms with Gasteiger partial charge in [-0.1, -0.05) is 11.6 Å². The third kappa shape index (κ3) is 2.11. The van der Waals surface area contributed by atoms with E-state index in [2.05, 4.69) is 14.9 Å². The zero-order valence-electron chi connectivity index (χ0n) is 9.80. The van der Waals surface area contributed by atoms with Crippen molar-refractivity contribution in [2.75, 3.05) is 18.0 Å². The highest BCUT2D eigenvalue weighted by Crippen LogP contribution is 2.44. The first-order valence-electron chi connectivity index (χ1n) is 5.98. The first-order valence-corrected chi connectivity index (χ1v) is 6.36. The van der Waals surface area contributed by atoms with E-state index >= 15 is 0 Å². The Balaban J connectivity index is 1.72. The van der Waals surface area contributed by atoms with Gasteiger partial charge >= 0.3 is 0 Å². The molecule has 1 N–H and O–H groups in total. The van der Waals surface area contributed by atoms with Crippen molar-refractivity contribution >= 4 is 17.4 Å². The maximum atomic E-state index is 10.0. The fraction of sp³-hybridized carbons (Fsp3) is 0.667. The van der Waals surface area contributed by atoms with Gasteiger partial charge in [-0.2, -0.15) is 0 Å². The van der Waals surface area contributed by atoms with Crippen LogP contribution >= 0.6 is 11.6 Å². The highest BCUT2D eigenvalue weighted by molar-refractivity contribution is 6.29. The van der Waals surface area contributed by atoms with Gasteiger partial charge in [0.2, 0.25) is 0 Å². The van der Waals surface area contributed by atoms with E-state index in [4.69, 9.17) is 11.6 Å². The van der Waals surface area contributed by atoms with Crippen molar-refractivity contribution in [1.82, 2.24) is 9.97 Å². The van der Waals surface area contributed by atoms with Crippen molar-refractivity contribution in [3.63, 3.8) is 0 Å². The first-order chi connectivity index (χ1) is 8.03. The lowest BCUT2D eigenvalue weighted by Crippen LogP contribution is -2.27. The monoisotopic (exact) mass is 253 g/mol. The zero-order valence-corrected chi connectivity index (χ0v) is 10.6. The van der Waals surface area contributed by atoms with Gasteiger partial charge in [-0.25, -0.2) is 9.97 Å². The lowest BCUT2D eigenvalue weighted by molar-refractivity contribution is 0.0601. The zero-order chi connectivity index (χ0) is 12.0. The molecule has 1 unspecified atom stereocenters. The average molecular weight is 254 g/mol. The van der Waals surface area contributed by atoms with Gasteiger partial charge in [-0.05, 0) is 31.6 Å². The van der Waals surface area contributed by atoms with Gasteiger partial charge < -0.3 is 10.0 Å². The summed E-state index contributed by atoms with van der Waals surface area (Å²) < 4.78 is 0. The Morgan fingerprint density at radius 1 is 1.29 bits per heavy atom. The summed E-state index contributed by atoms with van der Waals surface area (Å²) in [7, 11) is 0. The molecule has 0 amide bonds. The second kappa shape index (κ2) is 3.82. The number of fused-ring (bicyclic) bond motifs is 1. The summed E-state index contributed by atoms with van der Waals surface area (Å²) in [6.45, 7) is 3.88. The summed E-state index contributed by atoms with van der Waals surface area (Å²) in [4.78, 5) is 10.6. The van der Waals surface area contributed by atoms with E-state index in [9.17, 15) is 5.11 Å². The van der Waals surface area contributed by atoms with Gasteiger partial charge in [0, 0.05) is 13.1 Å². The molecular weight excluding hydrogens is 238 g/mol. The van der Waals surface area contributed by atoms with E-state index in [0.717, 1.165) is 31.7 Å². The molecule has 1 saturated heterocycles. The van der Waals surface area contributed by atoms with Crippen LogP contribution in [0.15, 0.2) is 12.4 Å². The smallest absolute Gasteiger partial charge is 0.147 e. The van der Waals surface area contributed by atoms with E-state index < -0.39 is 5.60 Å². The maximum Gasteiger partial charge on any atom is 0.147 e. The molecular formula is C12H16ClN3O. The predicted molar refractivity (Wildman–Crippen MR) is 66.1 cm³/mol. The van der Waals surface area contributed by atoms with Crippen molar-refractivity contribution in [3.05, 3.63) is 17.5 Å². The molecule has 1 saturated carbocycles. The number of hydrogen-bond donors (Lipinski definition) is 1. The molecule has 92 valence electrons. The Hall–Kier alpha value is -0.870. The van der Waals surface area contributed by atoms with Crippen LogP contribution in [0.4, 0.5) is 5.82 Å². The third-order valence-corrected chi connectivity index (χ3v) is 4.11. The molecule has 1 aromatic heterocycles. The number of halogens is 1. The summed E-state index contributed by atoms with van der Waals surface area (Å²) in [5, 5.41) is 10.5. The van der Waals surface area contributed by atoms with Crippen molar-refractivity contribution in [2.24, 2.45) is 11.8 Å². The highest BCUT2D eigenvalue weighted by Gasteiger charge is 2.46. The molecule has 2 heterocycles. The van der Waals surface area contributed by atoms with Crippen LogP contribution < -0.4 is 4.90 Å². The standard InChI is InChI=1S/C12H16ClN3O/c1-12(17)2-8-6-16(7-9(8)3-12)11-5-14-10(13)4-15-11/h4-5,8-9,17H,2-3,6-7H2,1H3/t8-,9+,12?. The number of nitrogens with zero attached hydrogens (tertiary/aromatic N) is 3. The number of aliphatic hydroxyl groups is 1. The average Bonchev–Trinajstić information content (AvgIpc) is 2.72. The fourth-order valence-corrected chi connectivity index (χ4v) is 3.37. The van der Waals surface area contributed by atoms with Gasteiger partial charge in [0.15, 0.2) is 0 Å². The van der Waals surface area contributed by atoms with E-state index in [1.54, 1.807) is 12.4 Å². The molecule has 0 spiro atoms. The van der Waals surface area contributed by atoms with Crippen LogP contribution in [0.1, 0.15) is 19.8 Å². The van der Waals surface area contributed by atoms with Crippen molar-refractivity contribution in [1.29, 1.82) is 0 Å². The maximum absolute atomic E-state index is 10.0. The summed E-state index contributed by atoms with van der Waals surface area (Å²) in [5.74, 6) is 2.06. The van der Waals surface area contributed by atoms with Crippen LogP contribution in [0.2, 0.25) is 5.15 Å². The number of hydrogen-bond acceptors (Lipinski definition) is 4. The number of rotatable bonds is 1. The second-order valence-corrected chi connectivity index (χ2v) is 5.91. The molecule has 3 rings (SSSR count). The lowest BCUT2D eigenvalue weighted by Gasteiger charge is -2.22. The largest absolute Gasteiger partial charge is 0.390 e. The van der Waals surface area contributed by atoms with Gasteiger partial charge in [0.1, 0.15) is 11.0 Å². The summed E-state index contributed by atoms with van der Waals surface area (Å²) in [6, 6.07) is 0. The van der Waals surface area contributed by atoms with E-state index in [1.807, 2.05) is 6.92 Å². The minimum absolute atomic E-state index is 0.427. The number of aromatic nitrogens is 2. The number of anilines is 1. The molecule has 0 aromatic carbocycles. The van der Waals surface area contributed by atoms with Crippen LogP contribution in [0, 0.1) is 11.8 Å². The third-order valence-electron chi connectivity index (χ3n) is 3.91. The van der Waals surface area contributed by atoms with Crippen molar-refractivity contribution in [2.45, 2.75) is 25.4 Å². The minimum atomic E-state index is -0.465. The molecule has 17 heavy (non-hydrogen) atoms. The van der Waals surface area contributed by atoms with Crippen LogP contribution in [0.25, 0.3) is 0 Å². The lowest BCUT2D eigenvalue weighted by atomic mass is 10.0. The van der Waals surface area contributed by atoms with E-state index in [-0.39, 0.29) is 0 Å². The summed E-state index contributed by atoms with van der Waals surface area (Å²) in [5.41, 5.74) is -0.465. The molecule has 1 aliphatic carbocycles. The Morgan fingerprint density at radius 3 is 2.47 bits per heavy atom. The molecule has 0 bridgehead atoms. The van der Waals surface area contributed by atoms with Gasteiger partial charge in [-0.3, -0.25) is 0 Å². The quantitative estimate of drug-likeness (QED) is 0.828. The van der Waals surface area contributed by atoms with E-state index in [1.165, 1.54) is 0 Å². The predicted octanol–water partition coefficient (Wildman–Crippen LogP) is 1.73. The Kier molecular flexibility index (Phi) is 2.52. The second-order valence-electron chi connectivity index (χ2n) is 5.53. The van der Waals surface area contributed by atoms with Gasteiger partial charge in [0.25, 0.3) is 0 Å². The van der Waals surface area contributed by atoms with Crippen molar-refractivity contribution < 1.29 is 5.11 Å². The van der Waals surface area contributed by atoms with Gasteiger partial charge in [0.05, 0.1) is 18.0 Å². The molecule has 1 aliphatic heterocycles. The minimum Gasteiger partial charge on any atom is -0.390 e. The van der Waals surface area contributed by atoms with Crippen LogP contribution in [0.3, 0.4) is 0 Å². The topological polar surface area (TPSA) is 49.2 Å². The van der Waals surface area contributed by atoms with Crippen LogP contribution in [-0.4, -0.2) is 33.8 Å².